The summed E-state index contributed by atoms with van der Waals surface area (Å²) in [5.41, 5.74) is 6.87. The average Bonchev–Trinajstić information content (AvgIpc) is 2.81. The summed E-state index contributed by atoms with van der Waals surface area (Å²) in [7, 11) is 0. The Morgan fingerprint density at radius 3 is 2.55 bits per heavy atom. The van der Waals surface area contributed by atoms with Crippen molar-refractivity contribution >= 4 is 5.82 Å². The Bertz CT molecular complexity index is 768. The van der Waals surface area contributed by atoms with Gasteiger partial charge in [0.15, 0.2) is 11.6 Å². The van der Waals surface area contributed by atoms with Gasteiger partial charge < -0.3 is 10.3 Å². The third-order valence-corrected chi connectivity index (χ3v) is 2.95. The molecule has 0 fully saturated rings. The van der Waals surface area contributed by atoms with E-state index in [4.69, 9.17) is 10.3 Å². The maximum Gasteiger partial charge on any atom is 0.179 e. The van der Waals surface area contributed by atoms with Crippen molar-refractivity contribution in [2.45, 2.75) is 0 Å². The molecule has 0 atom stereocenters. The van der Waals surface area contributed by atoms with Crippen LogP contribution in [0.15, 0.2) is 53.1 Å². The highest BCUT2D eigenvalue weighted by molar-refractivity contribution is 5.86. The van der Waals surface area contributed by atoms with E-state index >= 15 is 0 Å². The SMILES string of the molecule is Nc1noc(-c2ccccc2F)c1-c1cccc(F)c1. The van der Waals surface area contributed by atoms with Gasteiger partial charge in [-0.15, -0.1) is 0 Å². The van der Waals surface area contributed by atoms with Crippen LogP contribution >= 0.6 is 0 Å². The lowest BCUT2D eigenvalue weighted by Crippen LogP contribution is -1.90. The number of anilines is 1. The summed E-state index contributed by atoms with van der Waals surface area (Å²) in [5, 5.41) is 3.65. The molecule has 3 aromatic rings. The molecule has 1 aromatic heterocycles. The molecule has 0 aliphatic rings. The highest BCUT2D eigenvalue weighted by Gasteiger charge is 2.20. The molecule has 2 N–H and O–H groups in total. The molecule has 0 saturated carbocycles. The van der Waals surface area contributed by atoms with E-state index in [-0.39, 0.29) is 17.1 Å². The lowest BCUT2D eigenvalue weighted by molar-refractivity contribution is 0.433. The van der Waals surface area contributed by atoms with Gasteiger partial charge in [0.1, 0.15) is 11.6 Å². The predicted molar refractivity (Wildman–Crippen MR) is 71.7 cm³/mol. The summed E-state index contributed by atoms with van der Waals surface area (Å²) in [4.78, 5) is 0. The molecule has 0 unspecified atom stereocenters. The van der Waals surface area contributed by atoms with Gasteiger partial charge in [0, 0.05) is 0 Å². The van der Waals surface area contributed by atoms with Crippen molar-refractivity contribution in [2.24, 2.45) is 0 Å². The Balaban J connectivity index is 2.23. The van der Waals surface area contributed by atoms with Crippen molar-refractivity contribution in [3.05, 3.63) is 60.2 Å². The molecule has 0 bridgehead atoms. The number of nitrogen functional groups attached to an aromatic ring is 1. The summed E-state index contributed by atoms with van der Waals surface area (Å²) >= 11 is 0. The summed E-state index contributed by atoms with van der Waals surface area (Å²) in [6.07, 6.45) is 0. The van der Waals surface area contributed by atoms with E-state index in [1.54, 1.807) is 30.3 Å². The van der Waals surface area contributed by atoms with Crippen LogP contribution in [0.4, 0.5) is 14.6 Å². The molecule has 3 nitrogen and oxygen atoms in total. The quantitative estimate of drug-likeness (QED) is 0.770. The standard InChI is InChI=1S/C15H10F2N2O/c16-10-5-3-4-9(8-10)13-14(20-19-15(13)18)11-6-1-2-7-12(11)17/h1-8H,(H2,18,19). The lowest BCUT2D eigenvalue weighted by atomic mass is 10.0. The van der Waals surface area contributed by atoms with E-state index in [0.29, 0.717) is 11.1 Å². The molecule has 3 rings (SSSR count). The molecule has 2 aromatic carbocycles. The second-order valence-corrected chi connectivity index (χ2v) is 4.26. The smallest absolute Gasteiger partial charge is 0.179 e. The van der Waals surface area contributed by atoms with E-state index in [1.165, 1.54) is 18.2 Å². The number of nitrogens with two attached hydrogens (primary N) is 1. The molecule has 100 valence electrons. The zero-order chi connectivity index (χ0) is 14.1. The molecule has 5 heteroatoms. The molecule has 0 saturated heterocycles. The Morgan fingerprint density at radius 1 is 1.00 bits per heavy atom. The van der Waals surface area contributed by atoms with Crippen LogP contribution in [-0.2, 0) is 0 Å². The van der Waals surface area contributed by atoms with E-state index < -0.39 is 11.6 Å². The predicted octanol–water partition coefficient (Wildman–Crippen LogP) is 3.87. The molecule has 0 amide bonds. The van der Waals surface area contributed by atoms with Crippen LogP contribution in [-0.4, -0.2) is 5.16 Å². The van der Waals surface area contributed by atoms with Crippen LogP contribution in [0, 0.1) is 11.6 Å². The third kappa shape index (κ3) is 2.03. The lowest BCUT2D eigenvalue weighted by Gasteiger charge is -2.04. The Hall–Kier alpha value is -2.69. The van der Waals surface area contributed by atoms with Gasteiger partial charge in [-0.1, -0.05) is 29.4 Å². The zero-order valence-electron chi connectivity index (χ0n) is 10.3. The number of nitrogens with zero attached hydrogens (tertiary/aromatic N) is 1. The van der Waals surface area contributed by atoms with Crippen molar-refractivity contribution in [3.63, 3.8) is 0 Å². The average molecular weight is 272 g/mol. The fourth-order valence-corrected chi connectivity index (χ4v) is 2.05. The van der Waals surface area contributed by atoms with Gasteiger partial charge in [-0.05, 0) is 29.8 Å². The first kappa shape index (κ1) is 12.3. The van der Waals surface area contributed by atoms with E-state index in [0.717, 1.165) is 0 Å². The van der Waals surface area contributed by atoms with Crippen LogP contribution in [0.5, 0.6) is 0 Å². The minimum Gasteiger partial charge on any atom is -0.380 e. The van der Waals surface area contributed by atoms with Gasteiger partial charge in [0.2, 0.25) is 0 Å². The first-order valence-electron chi connectivity index (χ1n) is 5.93. The van der Waals surface area contributed by atoms with Crippen LogP contribution in [0.2, 0.25) is 0 Å². The van der Waals surface area contributed by atoms with E-state index in [1.807, 2.05) is 0 Å². The minimum absolute atomic E-state index is 0.0915. The van der Waals surface area contributed by atoms with Gasteiger partial charge >= 0.3 is 0 Å². The zero-order valence-corrected chi connectivity index (χ0v) is 10.3. The van der Waals surface area contributed by atoms with Crippen LogP contribution in [0.25, 0.3) is 22.5 Å². The van der Waals surface area contributed by atoms with Crippen LogP contribution in [0.3, 0.4) is 0 Å². The maximum absolute atomic E-state index is 13.9. The Morgan fingerprint density at radius 2 is 1.80 bits per heavy atom. The fraction of sp³-hybridized carbons (Fsp3) is 0. The molecule has 20 heavy (non-hydrogen) atoms. The van der Waals surface area contributed by atoms with Gasteiger partial charge in [-0.3, -0.25) is 0 Å². The number of hydrogen-bond donors (Lipinski definition) is 1. The molecule has 0 spiro atoms. The van der Waals surface area contributed by atoms with Crippen molar-refractivity contribution in [2.75, 3.05) is 5.73 Å². The Labute approximate surface area is 113 Å². The molecular weight excluding hydrogens is 262 g/mol. The first-order chi connectivity index (χ1) is 9.66. The molecule has 1 heterocycles. The van der Waals surface area contributed by atoms with Crippen LogP contribution in [0.1, 0.15) is 0 Å². The van der Waals surface area contributed by atoms with E-state index in [9.17, 15) is 8.78 Å². The number of rotatable bonds is 2. The topological polar surface area (TPSA) is 52.0 Å². The minimum atomic E-state index is -0.457. The van der Waals surface area contributed by atoms with Gasteiger partial charge in [0.05, 0.1) is 11.1 Å². The number of hydrogen-bond acceptors (Lipinski definition) is 3. The fourth-order valence-electron chi connectivity index (χ4n) is 2.05. The van der Waals surface area contributed by atoms with Crippen molar-refractivity contribution in [3.8, 4) is 22.5 Å². The highest BCUT2D eigenvalue weighted by Crippen LogP contribution is 2.37. The Kier molecular flexibility index (Phi) is 2.95. The summed E-state index contributed by atoms with van der Waals surface area (Å²) in [6.45, 7) is 0. The van der Waals surface area contributed by atoms with Crippen molar-refractivity contribution in [1.29, 1.82) is 0 Å². The second-order valence-electron chi connectivity index (χ2n) is 4.26. The van der Waals surface area contributed by atoms with Gasteiger partial charge in [0.25, 0.3) is 0 Å². The third-order valence-electron chi connectivity index (χ3n) is 2.95. The number of halogens is 2. The number of benzene rings is 2. The van der Waals surface area contributed by atoms with Crippen molar-refractivity contribution in [1.82, 2.24) is 5.16 Å². The van der Waals surface area contributed by atoms with Crippen molar-refractivity contribution < 1.29 is 13.3 Å². The second kappa shape index (κ2) is 4.77. The number of aromatic nitrogens is 1. The van der Waals surface area contributed by atoms with Crippen LogP contribution < -0.4 is 5.73 Å². The molecular formula is C15H10F2N2O. The summed E-state index contributed by atoms with van der Waals surface area (Å²) in [5.74, 6) is -0.594. The van der Waals surface area contributed by atoms with E-state index in [2.05, 4.69) is 5.16 Å². The largest absolute Gasteiger partial charge is 0.380 e. The normalized spacial score (nSPS) is 10.7. The summed E-state index contributed by atoms with van der Waals surface area (Å²) < 4.78 is 32.3. The molecule has 0 aliphatic heterocycles. The molecule has 0 aliphatic carbocycles. The van der Waals surface area contributed by atoms with Gasteiger partial charge in [-0.2, -0.15) is 0 Å². The molecule has 0 radical (unpaired) electrons. The first-order valence-corrected chi connectivity index (χ1v) is 5.93. The monoisotopic (exact) mass is 272 g/mol. The van der Waals surface area contributed by atoms with Gasteiger partial charge in [-0.25, -0.2) is 8.78 Å². The highest BCUT2D eigenvalue weighted by atomic mass is 19.1. The maximum atomic E-state index is 13.9. The summed E-state index contributed by atoms with van der Waals surface area (Å²) in [6, 6.07) is 11.9.